The van der Waals surface area contributed by atoms with Crippen LogP contribution in [0.2, 0.25) is 0 Å². The number of methoxy groups -OCH3 is 1. The van der Waals surface area contributed by atoms with Crippen LogP contribution in [0.4, 0.5) is 0 Å². The third kappa shape index (κ3) is 2.25. The maximum absolute atomic E-state index is 5.25. The Labute approximate surface area is 111 Å². The van der Waals surface area contributed by atoms with Gasteiger partial charge in [-0.25, -0.2) is 0 Å². The standard InChI is InChI=1S/C15H13N3O/c1-19-15-13-5-3-2-4-12(13)14(17-18-15)10-11-6-8-16-9-7-11/h2-9H,10H2,1H3. The van der Waals surface area contributed by atoms with Crippen molar-refractivity contribution in [3.05, 3.63) is 60.0 Å². The molecular formula is C15H13N3O. The smallest absolute Gasteiger partial charge is 0.241 e. The number of nitrogens with zero attached hydrogens (tertiary/aromatic N) is 3. The Kier molecular flexibility index (Phi) is 3.06. The predicted molar refractivity (Wildman–Crippen MR) is 73.1 cm³/mol. The van der Waals surface area contributed by atoms with Gasteiger partial charge in [-0.3, -0.25) is 4.98 Å². The highest BCUT2D eigenvalue weighted by Gasteiger charge is 2.09. The highest BCUT2D eigenvalue weighted by atomic mass is 16.5. The van der Waals surface area contributed by atoms with Gasteiger partial charge >= 0.3 is 0 Å². The minimum atomic E-state index is 0.564. The Morgan fingerprint density at radius 2 is 1.68 bits per heavy atom. The van der Waals surface area contributed by atoms with Crippen molar-refractivity contribution < 1.29 is 4.74 Å². The molecule has 0 fully saturated rings. The monoisotopic (exact) mass is 251 g/mol. The van der Waals surface area contributed by atoms with Crippen LogP contribution in [0, 0.1) is 0 Å². The molecule has 1 aromatic carbocycles. The molecule has 19 heavy (non-hydrogen) atoms. The van der Waals surface area contributed by atoms with E-state index in [-0.39, 0.29) is 0 Å². The van der Waals surface area contributed by atoms with E-state index in [1.165, 1.54) is 5.56 Å². The molecule has 0 radical (unpaired) electrons. The lowest BCUT2D eigenvalue weighted by molar-refractivity contribution is 0.397. The summed E-state index contributed by atoms with van der Waals surface area (Å²) >= 11 is 0. The number of benzene rings is 1. The molecule has 0 bridgehead atoms. The van der Waals surface area contributed by atoms with E-state index >= 15 is 0 Å². The maximum Gasteiger partial charge on any atom is 0.241 e. The molecular weight excluding hydrogens is 238 g/mol. The summed E-state index contributed by atoms with van der Waals surface area (Å²) in [5.74, 6) is 0.564. The molecule has 0 saturated heterocycles. The predicted octanol–water partition coefficient (Wildman–Crippen LogP) is 2.62. The van der Waals surface area contributed by atoms with Crippen LogP contribution in [0.5, 0.6) is 5.88 Å². The van der Waals surface area contributed by atoms with E-state index in [4.69, 9.17) is 4.74 Å². The van der Waals surface area contributed by atoms with Gasteiger partial charge in [0.25, 0.3) is 0 Å². The molecule has 0 atom stereocenters. The average molecular weight is 251 g/mol. The lowest BCUT2D eigenvalue weighted by atomic mass is 10.1. The molecule has 0 unspecified atom stereocenters. The summed E-state index contributed by atoms with van der Waals surface area (Å²) in [5, 5.41) is 10.5. The molecule has 94 valence electrons. The Morgan fingerprint density at radius 3 is 2.42 bits per heavy atom. The molecule has 4 heteroatoms. The van der Waals surface area contributed by atoms with Crippen LogP contribution in [0.1, 0.15) is 11.3 Å². The molecule has 0 aliphatic rings. The van der Waals surface area contributed by atoms with E-state index in [9.17, 15) is 0 Å². The highest BCUT2D eigenvalue weighted by Crippen LogP contribution is 2.25. The van der Waals surface area contributed by atoms with Crippen molar-refractivity contribution >= 4 is 10.8 Å². The van der Waals surface area contributed by atoms with Crippen LogP contribution in [0.3, 0.4) is 0 Å². The van der Waals surface area contributed by atoms with Gasteiger partial charge in [0.15, 0.2) is 0 Å². The first-order valence-electron chi connectivity index (χ1n) is 6.05. The van der Waals surface area contributed by atoms with Gasteiger partial charge in [-0.05, 0) is 23.8 Å². The lowest BCUT2D eigenvalue weighted by Gasteiger charge is -2.08. The first-order valence-corrected chi connectivity index (χ1v) is 6.05. The number of hydrogen-bond donors (Lipinski definition) is 0. The molecule has 0 spiro atoms. The fraction of sp³-hybridized carbons (Fsp3) is 0.133. The molecule has 0 saturated carbocycles. The van der Waals surface area contributed by atoms with Gasteiger partial charge in [-0.1, -0.05) is 18.2 Å². The Bertz CT molecular complexity index is 698. The van der Waals surface area contributed by atoms with E-state index in [0.29, 0.717) is 5.88 Å². The summed E-state index contributed by atoms with van der Waals surface area (Å²) in [6.07, 6.45) is 4.31. The lowest BCUT2D eigenvalue weighted by Crippen LogP contribution is -1.99. The second-order valence-corrected chi connectivity index (χ2v) is 4.23. The van der Waals surface area contributed by atoms with Crippen LogP contribution >= 0.6 is 0 Å². The van der Waals surface area contributed by atoms with Gasteiger partial charge in [0, 0.05) is 29.6 Å². The Balaban J connectivity index is 2.10. The zero-order valence-electron chi connectivity index (χ0n) is 10.6. The molecule has 2 aromatic heterocycles. The largest absolute Gasteiger partial charge is 0.479 e. The summed E-state index contributed by atoms with van der Waals surface area (Å²) in [5.41, 5.74) is 2.11. The molecule has 4 nitrogen and oxygen atoms in total. The molecule has 0 N–H and O–H groups in total. The van der Waals surface area contributed by atoms with Gasteiger partial charge in [0.05, 0.1) is 12.8 Å². The van der Waals surface area contributed by atoms with Crippen molar-refractivity contribution in [1.29, 1.82) is 0 Å². The van der Waals surface area contributed by atoms with Crippen molar-refractivity contribution in [3.63, 3.8) is 0 Å². The van der Waals surface area contributed by atoms with Crippen LogP contribution in [-0.4, -0.2) is 22.3 Å². The van der Waals surface area contributed by atoms with Crippen molar-refractivity contribution in [2.75, 3.05) is 7.11 Å². The minimum Gasteiger partial charge on any atom is -0.479 e. The number of aromatic nitrogens is 3. The Hall–Kier alpha value is -2.49. The van der Waals surface area contributed by atoms with Gasteiger partial charge < -0.3 is 4.74 Å². The van der Waals surface area contributed by atoms with Gasteiger partial charge in [-0.2, -0.15) is 5.10 Å². The first-order chi connectivity index (χ1) is 9.38. The topological polar surface area (TPSA) is 47.9 Å². The number of rotatable bonds is 3. The van der Waals surface area contributed by atoms with Crippen molar-refractivity contribution in [3.8, 4) is 5.88 Å². The van der Waals surface area contributed by atoms with Crippen molar-refractivity contribution in [1.82, 2.24) is 15.2 Å². The second-order valence-electron chi connectivity index (χ2n) is 4.23. The van der Waals surface area contributed by atoms with Gasteiger partial charge in [-0.15, -0.1) is 5.10 Å². The minimum absolute atomic E-state index is 0.564. The summed E-state index contributed by atoms with van der Waals surface area (Å²) in [4.78, 5) is 4.02. The summed E-state index contributed by atoms with van der Waals surface area (Å²) in [7, 11) is 1.61. The number of fused-ring (bicyclic) bond motifs is 1. The third-order valence-electron chi connectivity index (χ3n) is 3.04. The van der Waals surface area contributed by atoms with E-state index < -0.39 is 0 Å². The molecule has 0 aliphatic heterocycles. The second kappa shape index (κ2) is 5.02. The fourth-order valence-corrected chi connectivity index (χ4v) is 2.11. The van der Waals surface area contributed by atoms with E-state index in [1.807, 2.05) is 36.4 Å². The summed E-state index contributed by atoms with van der Waals surface area (Å²) < 4.78 is 5.25. The number of ether oxygens (including phenoxy) is 1. The van der Waals surface area contributed by atoms with E-state index in [2.05, 4.69) is 15.2 Å². The fourth-order valence-electron chi connectivity index (χ4n) is 2.11. The summed E-state index contributed by atoms with van der Waals surface area (Å²) in [6, 6.07) is 12.0. The summed E-state index contributed by atoms with van der Waals surface area (Å²) in [6.45, 7) is 0. The Morgan fingerprint density at radius 1 is 0.947 bits per heavy atom. The normalized spacial score (nSPS) is 10.6. The zero-order chi connectivity index (χ0) is 13.1. The van der Waals surface area contributed by atoms with Gasteiger partial charge in [0.1, 0.15) is 0 Å². The molecule has 0 aliphatic carbocycles. The average Bonchev–Trinajstić information content (AvgIpc) is 2.49. The number of pyridine rings is 1. The van der Waals surface area contributed by atoms with E-state index in [1.54, 1.807) is 19.5 Å². The van der Waals surface area contributed by atoms with E-state index in [0.717, 1.165) is 22.9 Å². The molecule has 0 amide bonds. The van der Waals surface area contributed by atoms with Crippen LogP contribution in [0.15, 0.2) is 48.8 Å². The van der Waals surface area contributed by atoms with Gasteiger partial charge in [0.2, 0.25) is 5.88 Å². The zero-order valence-corrected chi connectivity index (χ0v) is 10.6. The highest BCUT2D eigenvalue weighted by molar-refractivity contribution is 5.88. The van der Waals surface area contributed by atoms with Crippen molar-refractivity contribution in [2.24, 2.45) is 0 Å². The number of hydrogen-bond acceptors (Lipinski definition) is 4. The van der Waals surface area contributed by atoms with Crippen molar-refractivity contribution in [2.45, 2.75) is 6.42 Å². The molecule has 3 rings (SSSR count). The SMILES string of the molecule is COc1nnc(Cc2ccncc2)c2ccccc12. The van der Waals surface area contributed by atoms with Crippen LogP contribution in [-0.2, 0) is 6.42 Å². The molecule has 2 heterocycles. The first kappa shape index (κ1) is 11.6. The van der Waals surface area contributed by atoms with Crippen LogP contribution < -0.4 is 4.74 Å². The third-order valence-corrected chi connectivity index (χ3v) is 3.04. The quantitative estimate of drug-likeness (QED) is 0.718. The maximum atomic E-state index is 5.25. The molecule has 3 aromatic rings. The van der Waals surface area contributed by atoms with Crippen LogP contribution in [0.25, 0.3) is 10.8 Å².